The second-order valence-electron chi connectivity index (χ2n) is 4.80. The minimum Gasteiger partial charge on any atom is -0.342 e. The molecule has 1 saturated heterocycles. The van der Waals surface area contributed by atoms with Crippen LogP contribution in [0.5, 0.6) is 0 Å². The van der Waals surface area contributed by atoms with Crippen molar-refractivity contribution in [1.82, 2.24) is 4.90 Å². The Balaban J connectivity index is 1.96. The third-order valence-corrected chi connectivity index (χ3v) is 3.35. The van der Waals surface area contributed by atoms with Crippen LogP contribution in [0.25, 0.3) is 0 Å². The fourth-order valence-corrected chi connectivity index (χ4v) is 2.25. The topological polar surface area (TPSA) is 49.4 Å². The third-order valence-electron chi connectivity index (χ3n) is 3.35. The van der Waals surface area contributed by atoms with Gasteiger partial charge >= 0.3 is 0 Å². The number of hydrogen-bond acceptors (Lipinski definition) is 2. The number of likely N-dealkylation sites (tertiary alicyclic amines) is 1. The molecule has 2 rings (SSSR count). The Kier molecular flexibility index (Phi) is 4.14. The maximum atomic E-state index is 12.8. The average molecular weight is 264 g/mol. The zero-order valence-corrected chi connectivity index (χ0v) is 10.9. The molecule has 19 heavy (non-hydrogen) atoms. The van der Waals surface area contributed by atoms with Crippen LogP contribution in [0.15, 0.2) is 24.3 Å². The fourth-order valence-electron chi connectivity index (χ4n) is 2.25. The van der Waals surface area contributed by atoms with Gasteiger partial charge in [-0.05, 0) is 37.1 Å². The molecule has 1 atom stereocenters. The maximum absolute atomic E-state index is 12.8. The second kappa shape index (κ2) is 5.82. The van der Waals surface area contributed by atoms with E-state index in [1.54, 1.807) is 4.90 Å². The number of rotatable bonds is 2. The molecule has 2 amide bonds. The van der Waals surface area contributed by atoms with Gasteiger partial charge in [-0.3, -0.25) is 9.59 Å². The smallest absolute Gasteiger partial charge is 0.229 e. The van der Waals surface area contributed by atoms with Gasteiger partial charge in [0.15, 0.2) is 0 Å². The van der Waals surface area contributed by atoms with Gasteiger partial charge in [0, 0.05) is 25.7 Å². The molecule has 1 fully saturated rings. The van der Waals surface area contributed by atoms with Crippen LogP contribution in [-0.2, 0) is 9.59 Å². The van der Waals surface area contributed by atoms with Crippen LogP contribution in [0.4, 0.5) is 10.1 Å². The number of hydrogen-bond donors (Lipinski definition) is 1. The molecule has 1 aliphatic rings. The molecule has 1 N–H and O–H groups in total. The number of benzene rings is 1. The van der Waals surface area contributed by atoms with Gasteiger partial charge in [0.1, 0.15) is 5.82 Å². The van der Waals surface area contributed by atoms with E-state index in [-0.39, 0.29) is 23.5 Å². The minimum atomic E-state index is -0.335. The molecular formula is C14H17FN2O2. The van der Waals surface area contributed by atoms with E-state index in [0.717, 1.165) is 19.4 Å². The summed E-state index contributed by atoms with van der Waals surface area (Å²) < 4.78 is 12.8. The number of anilines is 1. The second-order valence-corrected chi connectivity index (χ2v) is 4.80. The summed E-state index contributed by atoms with van der Waals surface area (Å²) in [7, 11) is 0. The molecule has 1 aliphatic heterocycles. The molecule has 4 nitrogen and oxygen atoms in total. The van der Waals surface area contributed by atoms with Gasteiger partial charge in [-0.25, -0.2) is 4.39 Å². The van der Waals surface area contributed by atoms with Crippen LogP contribution in [-0.4, -0.2) is 29.8 Å². The monoisotopic (exact) mass is 264 g/mol. The first-order valence-corrected chi connectivity index (χ1v) is 6.38. The number of halogens is 1. The number of carbonyl (C=O) groups is 2. The van der Waals surface area contributed by atoms with Crippen molar-refractivity contribution in [2.75, 3.05) is 18.4 Å². The minimum absolute atomic E-state index is 0.000665. The van der Waals surface area contributed by atoms with Crippen molar-refractivity contribution in [1.29, 1.82) is 0 Å². The lowest BCUT2D eigenvalue weighted by atomic mass is 9.97. The zero-order chi connectivity index (χ0) is 13.8. The van der Waals surface area contributed by atoms with E-state index in [0.29, 0.717) is 12.2 Å². The molecular weight excluding hydrogens is 247 g/mol. The number of carbonyl (C=O) groups excluding carboxylic acids is 2. The number of piperidine rings is 1. The number of nitrogens with one attached hydrogen (secondary N) is 1. The van der Waals surface area contributed by atoms with Gasteiger partial charge < -0.3 is 10.2 Å². The van der Waals surface area contributed by atoms with Crippen LogP contribution < -0.4 is 5.32 Å². The highest BCUT2D eigenvalue weighted by atomic mass is 19.1. The summed E-state index contributed by atoms with van der Waals surface area (Å²) in [6.07, 6.45) is 1.61. The van der Waals surface area contributed by atoms with Crippen molar-refractivity contribution in [2.45, 2.75) is 19.8 Å². The SMILES string of the molecule is CC(=O)N1CCC[C@H](C(=O)Nc2ccc(F)cc2)C1. The van der Waals surface area contributed by atoms with Gasteiger partial charge in [-0.15, -0.1) is 0 Å². The van der Waals surface area contributed by atoms with E-state index in [1.807, 2.05) is 0 Å². The van der Waals surface area contributed by atoms with Crippen molar-refractivity contribution in [3.8, 4) is 0 Å². The Labute approximate surface area is 111 Å². The molecule has 1 aromatic rings. The van der Waals surface area contributed by atoms with Gasteiger partial charge in [0.25, 0.3) is 0 Å². The zero-order valence-electron chi connectivity index (χ0n) is 10.9. The highest BCUT2D eigenvalue weighted by Gasteiger charge is 2.26. The molecule has 0 saturated carbocycles. The molecule has 0 unspecified atom stereocenters. The van der Waals surface area contributed by atoms with Gasteiger partial charge in [0.2, 0.25) is 11.8 Å². The fraction of sp³-hybridized carbons (Fsp3) is 0.429. The van der Waals surface area contributed by atoms with E-state index >= 15 is 0 Å². The van der Waals surface area contributed by atoms with Gasteiger partial charge in [-0.1, -0.05) is 0 Å². The highest BCUT2D eigenvalue weighted by Crippen LogP contribution is 2.19. The van der Waals surface area contributed by atoms with Crippen molar-refractivity contribution in [2.24, 2.45) is 5.92 Å². The van der Waals surface area contributed by atoms with Crippen LogP contribution in [0.2, 0.25) is 0 Å². The molecule has 0 aromatic heterocycles. The maximum Gasteiger partial charge on any atom is 0.229 e. The van der Waals surface area contributed by atoms with Crippen LogP contribution in [0.3, 0.4) is 0 Å². The first-order chi connectivity index (χ1) is 9.06. The first kappa shape index (κ1) is 13.5. The normalized spacial score (nSPS) is 19.1. The summed E-state index contributed by atoms with van der Waals surface area (Å²) in [5, 5.41) is 2.75. The van der Waals surface area contributed by atoms with E-state index in [4.69, 9.17) is 0 Å². The molecule has 1 heterocycles. The molecule has 0 radical (unpaired) electrons. The van der Waals surface area contributed by atoms with E-state index in [1.165, 1.54) is 31.2 Å². The predicted octanol–water partition coefficient (Wildman–Crippen LogP) is 2.02. The van der Waals surface area contributed by atoms with Crippen LogP contribution in [0, 0.1) is 11.7 Å². The standard InChI is InChI=1S/C14H17FN2O2/c1-10(18)17-8-2-3-11(9-17)14(19)16-13-6-4-12(15)5-7-13/h4-7,11H,2-3,8-9H2,1H3,(H,16,19)/t11-/m0/s1. The quantitative estimate of drug-likeness (QED) is 0.888. The molecule has 0 aliphatic carbocycles. The van der Waals surface area contributed by atoms with Crippen LogP contribution in [0.1, 0.15) is 19.8 Å². The van der Waals surface area contributed by atoms with Crippen molar-refractivity contribution in [3.05, 3.63) is 30.1 Å². The van der Waals surface area contributed by atoms with E-state index in [2.05, 4.69) is 5.32 Å². The van der Waals surface area contributed by atoms with Crippen molar-refractivity contribution >= 4 is 17.5 Å². The Morgan fingerprint density at radius 2 is 2.00 bits per heavy atom. The van der Waals surface area contributed by atoms with Crippen LogP contribution >= 0.6 is 0 Å². The average Bonchev–Trinajstić information content (AvgIpc) is 2.41. The summed E-state index contributed by atoms with van der Waals surface area (Å²) in [4.78, 5) is 25.1. The van der Waals surface area contributed by atoms with E-state index < -0.39 is 0 Å². The number of nitrogens with zero attached hydrogens (tertiary/aromatic N) is 1. The molecule has 0 bridgehead atoms. The largest absolute Gasteiger partial charge is 0.342 e. The summed E-state index contributed by atoms with van der Waals surface area (Å²) >= 11 is 0. The third kappa shape index (κ3) is 3.53. The molecule has 0 spiro atoms. The summed E-state index contributed by atoms with van der Waals surface area (Å²) in [5.74, 6) is -0.641. The Hall–Kier alpha value is -1.91. The Bertz CT molecular complexity index is 473. The Morgan fingerprint density at radius 3 is 2.63 bits per heavy atom. The first-order valence-electron chi connectivity index (χ1n) is 6.38. The van der Waals surface area contributed by atoms with Gasteiger partial charge in [0.05, 0.1) is 5.92 Å². The number of amides is 2. The summed E-state index contributed by atoms with van der Waals surface area (Å²) in [5.41, 5.74) is 0.575. The lowest BCUT2D eigenvalue weighted by Gasteiger charge is -2.31. The lowest BCUT2D eigenvalue weighted by Crippen LogP contribution is -2.42. The summed E-state index contributed by atoms with van der Waals surface area (Å²) in [6.45, 7) is 2.69. The molecule has 102 valence electrons. The van der Waals surface area contributed by atoms with E-state index in [9.17, 15) is 14.0 Å². The molecule has 1 aromatic carbocycles. The molecule has 5 heteroatoms. The summed E-state index contributed by atoms with van der Waals surface area (Å²) in [6, 6.07) is 5.66. The predicted molar refractivity (Wildman–Crippen MR) is 70.0 cm³/mol. The van der Waals surface area contributed by atoms with Crippen molar-refractivity contribution < 1.29 is 14.0 Å². The van der Waals surface area contributed by atoms with Gasteiger partial charge in [-0.2, -0.15) is 0 Å². The highest BCUT2D eigenvalue weighted by molar-refractivity contribution is 5.93. The Morgan fingerprint density at radius 1 is 1.32 bits per heavy atom. The van der Waals surface area contributed by atoms with Crippen molar-refractivity contribution in [3.63, 3.8) is 0 Å². The lowest BCUT2D eigenvalue weighted by molar-refractivity contribution is -0.132.